The Hall–Kier alpha value is -1.75. The number of nitrogens with zero attached hydrogens (tertiary/aromatic N) is 1. The maximum Gasteiger partial charge on any atom is 0.238 e. The second-order valence-corrected chi connectivity index (χ2v) is 6.80. The van der Waals surface area contributed by atoms with Crippen LogP contribution in [-0.4, -0.2) is 37.7 Å². The van der Waals surface area contributed by atoms with E-state index in [0.29, 0.717) is 12.3 Å². The molecule has 0 aromatic heterocycles. The number of carbonyl (C=O) groups excluding carboxylic acids is 1. The lowest BCUT2D eigenvalue weighted by Crippen LogP contribution is -2.35. The molecule has 0 bridgehead atoms. The summed E-state index contributed by atoms with van der Waals surface area (Å²) < 4.78 is 10.7. The summed E-state index contributed by atoms with van der Waals surface area (Å²) in [6.07, 6.45) is 0. The molecular weight excluding hydrogens is 268 g/mol. The van der Waals surface area contributed by atoms with Gasteiger partial charge in [-0.1, -0.05) is 20.8 Å². The van der Waals surface area contributed by atoms with E-state index in [9.17, 15) is 4.79 Å². The normalized spacial score (nSPS) is 13.6. The average Bonchev–Trinajstić information content (AvgIpc) is 2.73. The molecule has 0 saturated carbocycles. The number of aryl methyl sites for hydroxylation is 1. The van der Waals surface area contributed by atoms with E-state index < -0.39 is 0 Å². The first kappa shape index (κ1) is 15.6. The van der Waals surface area contributed by atoms with E-state index >= 15 is 0 Å². The van der Waals surface area contributed by atoms with Crippen LogP contribution in [0.1, 0.15) is 26.3 Å². The Balaban J connectivity index is 1.97. The van der Waals surface area contributed by atoms with E-state index in [-0.39, 0.29) is 18.1 Å². The SMILES string of the molecule is Cc1cc2c(cc1NC(=O)CN(C)CC(C)(C)C)OCO2. The Morgan fingerprint density at radius 2 is 1.90 bits per heavy atom. The van der Waals surface area contributed by atoms with E-state index in [0.717, 1.165) is 23.5 Å². The predicted octanol–water partition coefficient (Wildman–Crippen LogP) is 2.64. The minimum Gasteiger partial charge on any atom is -0.454 e. The summed E-state index contributed by atoms with van der Waals surface area (Å²) in [4.78, 5) is 14.2. The van der Waals surface area contributed by atoms with Crippen LogP contribution < -0.4 is 14.8 Å². The van der Waals surface area contributed by atoms with Gasteiger partial charge in [-0.25, -0.2) is 0 Å². The van der Waals surface area contributed by atoms with Crippen molar-refractivity contribution in [2.75, 3.05) is 32.2 Å². The Morgan fingerprint density at radius 3 is 2.52 bits per heavy atom. The second kappa shape index (κ2) is 5.93. The van der Waals surface area contributed by atoms with Crippen molar-refractivity contribution in [1.82, 2.24) is 4.90 Å². The molecule has 0 spiro atoms. The molecule has 2 rings (SSSR count). The summed E-state index contributed by atoms with van der Waals surface area (Å²) in [6.45, 7) is 9.87. The summed E-state index contributed by atoms with van der Waals surface area (Å²) in [6, 6.07) is 3.70. The number of rotatable bonds is 4. The van der Waals surface area contributed by atoms with Gasteiger partial charge in [0.05, 0.1) is 6.54 Å². The van der Waals surface area contributed by atoms with Gasteiger partial charge in [0.2, 0.25) is 12.7 Å². The molecule has 5 nitrogen and oxygen atoms in total. The minimum atomic E-state index is -0.0243. The maximum atomic E-state index is 12.1. The average molecular weight is 292 g/mol. The zero-order valence-corrected chi connectivity index (χ0v) is 13.4. The van der Waals surface area contributed by atoms with Crippen molar-refractivity contribution in [3.63, 3.8) is 0 Å². The second-order valence-electron chi connectivity index (χ2n) is 6.80. The third-order valence-electron chi connectivity index (χ3n) is 3.15. The molecule has 0 saturated heterocycles. The summed E-state index contributed by atoms with van der Waals surface area (Å²) in [5, 5.41) is 2.94. The van der Waals surface area contributed by atoms with Gasteiger partial charge in [0.15, 0.2) is 11.5 Å². The highest BCUT2D eigenvalue weighted by Gasteiger charge is 2.18. The molecule has 0 fully saturated rings. The monoisotopic (exact) mass is 292 g/mol. The highest BCUT2D eigenvalue weighted by molar-refractivity contribution is 5.93. The van der Waals surface area contributed by atoms with Crippen molar-refractivity contribution in [1.29, 1.82) is 0 Å². The number of nitrogens with one attached hydrogen (secondary N) is 1. The van der Waals surface area contributed by atoms with Crippen LogP contribution in [-0.2, 0) is 4.79 Å². The standard InChI is InChI=1S/C16H24N2O3/c1-11-6-13-14(21-10-20-13)7-12(11)17-15(19)8-18(5)9-16(2,3)4/h6-7H,8-10H2,1-5H3,(H,17,19). The lowest BCUT2D eigenvalue weighted by atomic mass is 9.96. The molecule has 1 heterocycles. The minimum absolute atomic E-state index is 0.0243. The topological polar surface area (TPSA) is 50.8 Å². The first-order chi connectivity index (χ1) is 9.74. The number of likely N-dealkylation sites (N-methyl/N-ethyl adjacent to an activating group) is 1. The van der Waals surface area contributed by atoms with Gasteiger partial charge in [-0.3, -0.25) is 9.69 Å². The van der Waals surface area contributed by atoms with Crippen molar-refractivity contribution in [3.8, 4) is 11.5 Å². The van der Waals surface area contributed by atoms with E-state index in [1.807, 2.05) is 31.0 Å². The van der Waals surface area contributed by atoms with E-state index in [4.69, 9.17) is 9.47 Å². The fraction of sp³-hybridized carbons (Fsp3) is 0.562. The third-order valence-corrected chi connectivity index (χ3v) is 3.15. The summed E-state index contributed by atoms with van der Waals surface area (Å²) in [5.41, 5.74) is 1.91. The van der Waals surface area contributed by atoms with Crippen LogP contribution in [0.4, 0.5) is 5.69 Å². The molecule has 21 heavy (non-hydrogen) atoms. The van der Waals surface area contributed by atoms with Gasteiger partial charge in [-0.2, -0.15) is 0 Å². The van der Waals surface area contributed by atoms with Gasteiger partial charge >= 0.3 is 0 Å². The lowest BCUT2D eigenvalue weighted by molar-refractivity contribution is -0.117. The zero-order chi connectivity index (χ0) is 15.6. The van der Waals surface area contributed by atoms with Crippen molar-refractivity contribution in [2.45, 2.75) is 27.7 Å². The zero-order valence-electron chi connectivity index (χ0n) is 13.4. The number of ether oxygens (including phenoxy) is 2. The maximum absolute atomic E-state index is 12.1. The molecule has 0 unspecified atom stereocenters. The molecule has 1 aromatic rings. The third kappa shape index (κ3) is 4.36. The lowest BCUT2D eigenvalue weighted by Gasteiger charge is -2.26. The predicted molar refractivity (Wildman–Crippen MR) is 82.9 cm³/mol. The first-order valence-electron chi connectivity index (χ1n) is 7.13. The Kier molecular flexibility index (Phi) is 4.42. The van der Waals surface area contributed by atoms with Gasteiger partial charge in [0.1, 0.15) is 0 Å². The van der Waals surface area contributed by atoms with Crippen LogP contribution in [0.25, 0.3) is 0 Å². The highest BCUT2D eigenvalue weighted by atomic mass is 16.7. The van der Waals surface area contributed by atoms with Gasteiger partial charge in [-0.05, 0) is 31.0 Å². The molecule has 0 atom stereocenters. The molecule has 1 N–H and O–H groups in total. The molecule has 0 radical (unpaired) electrons. The van der Waals surface area contributed by atoms with Crippen LogP contribution in [0.3, 0.4) is 0 Å². The molecule has 1 aliphatic rings. The van der Waals surface area contributed by atoms with Crippen LogP contribution >= 0.6 is 0 Å². The molecule has 1 aliphatic heterocycles. The number of hydrogen-bond acceptors (Lipinski definition) is 4. The van der Waals surface area contributed by atoms with E-state index in [1.165, 1.54) is 0 Å². The number of anilines is 1. The summed E-state index contributed by atoms with van der Waals surface area (Å²) in [5.74, 6) is 1.39. The smallest absolute Gasteiger partial charge is 0.238 e. The highest BCUT2D eigenvalue weighted by Crippen LogP contribution is 2.36. The fourth-order valence-electron chi connectivity index (χ4n) is 2.48. The molecule has 0 aliphatic carbocycles. The first-order valence-corrected chi connectivity index (χ1v) is 7.13. The Labute approximate surface area is 126 Å². The van der Waals surface area contributed by atoms with E-state index in [2.05, 4.69) is 26.1 Å². The molecule has 1 amide bonds. The number of carbonyl (C=O) groups is 1. The molecule has 1 aromatic carbocycles. The summed E-state index contributed by atoms with van der Waals surface area (Å²) in [7, 11) is 1.96. The van der Waals surface area contributed by atoms with Crippen LogP contribution in [0, 0.1) is 12.3 Å². The van der Waals surface area contributed by atoms with Gasteiger partial charge in [0, 0.05) is 18.3 Å². The number of amides is 1. The fourth-order valence-corrected chi connectivity index (χ4v) is 2.48. The van der Waals surface area contributed by atoms with Gasteiger partial charge < -0.3 is 14.8 Å². The molecule has 5 heteroatoms. The van der Waals surface area contributed by atoms with Crippen molar-refractivity contribution in [2.24, 2.45) is 5.41 Å². The van der Waals surface area contributed by atoms with Gasteiger partial charge in [0.25, 0.3) is 0 Å². The van der Waals surface area contributed by atoms with Crippen LogP contribution in [0.15, 0.2) is 12.1 Å². The van der Waals surface area contributed by atoms with Crippen molar-refractivity contribution < 1.29 is 14.3 Å². The van der Waals surface area contributed by atoms with Crippen molar-refractivity contribution in [3.05, 3.63) is 17.7 Å². The van der Waals surface area contributed by atoms with Gasteiger partial charge in [-0.15, -0.1) is 0 Å². The number of benzene rings is 1. The quantitative estimate of drug-likeness (QED) is 0.927. The van der Waals surface area contributed by atoms with Crippen LogP contribution in [0.5, 0.6) is 11.5 Å². The molecular formula is C16H24N2O3. The summed E-state index contributed by atoms with van der Waals surface area (Å²) >= 11 is 0. The van der Waals surface area contributed by atoms with Crippen molar-refractivity contribution >= 4 is 11.6 Å². The number of hydrogen-bond donors (Lipinski definition) is 1. The number of fused-ring (bicyclic) bond motifs is 1. The largest absolute Gasteiger partial charge is 0.454 e. The van der Waals surface area contributed by atoms with Crippen LogP contribution in [0.2, 0.25) is 0 Å². The Bertz CT molecular complexity index is 535. The molecule has 116 valence electrons. The Morgan fingerprint density at radius 1 is 1.29 bits per heavy atom. The van der Waals surface area contributed by atoms with E-state index in [1.54, 1.807) is 0 Å².